The number of methoxy groups -OCH3 is 1. The van der Waals surface area contributed by atoms with Crippen LogP contribution in [0.3, 0.4) is 0 Å². The highest BCUT2D eigenvalue weighted by Crippen LogP contribution is 2.27. The maximum absolute atomic E-state index is 11.1. The summed E-state index contributed by atoms with van der Waals surface area (Å²) in [4.78, 5) is 10.6. The molecular formula is C17H15N5O3S. The van der Waals surface area contributed by atoms with Crippen molar-refractivity contribution < 1.29 is 9.66 Å². The molecule has 26 heavy (non-hydrogen) atoms. The topological polar surface area (TPSA) is 95.4 Å². The van der Waals surface area contributed by atoms with Crippen molar-refractivity contribution in [3.05, 3.63) is 76.1 Å². The number of nitrogens with zero attached hydrogens (tertiary/aromatic N) is 5. The maximum atomic E-state index is 11.1. The molecule has 0 aliphatic heterocycles. The van der Waals surface area contributed by atoms with E-state index in [2.05, 4.69) is 15.3 Å². The average Bonchev–Trinajstić information content (AvgIpc) is 3.12. The quantitative estimate of drug-likeness (QED) is 0.274. The first-order valence-corrected chi connectivity index (χ1v) is 8.59. The highest BCUT2D eigenvalue weighted by Gasteiger charge is 2.14. The molecular weight excluding hydrogens is 354 g/mol. The fourth-order valence-electron chi connectivity index (χ4n) is 2.17. The standard InChI is InChI=1S/C17H15N5O3S/c1-25-16-8-7-14(9-15(16)22(23)24)10-19-21-12-18-20-17(21)26-11-13-5-3-2-4-6-13/h2-10,12H,11H2,1H3/b19-10-. The summed E-state index contributed by atoms with van der Waals surface area (Å²) in [5, 5.41) is 23.9. The van der Waals surface area contributed by atoms with Gasteiger partial charge in [0, 0.05) is 17.4 Å². The van der Waals surface area contributed by atoms with Gasteiger partial charge in [-0.2, -0.15) is 9.78 Å². The van der Waals surface area contributed by atoms with Crippen molar-refractivity contribution in [3.8, 4) is 5.75 Å². The molecule has 3 rings (SSSR count). The van der Waals surface area contributed by atoms with Gasteiger partial charge in [-0.3, -0.25) is 10.1 Å². The molecule has 0 bridgehead atoms. The Morgan fingerprint density at radius 1 is 1.31 bits per heavy atom. The molecule has 0 saturated carbocycles. The van der Waals surface area contributed by atoms with Crippen molar-refractivity contribution in [2.75, 3.05) is 7.11 Å². The lowest BCUT2D eigenvalue weighted by Crippen LogP contribution is -1.96. The van der Waals surface area contributed by atoms with Gasteiger partial charge in [0.05, 0.1) is 18.2 Å². The summed E-state index contributed by atoms with van der Waals surface area (Å²) in [6.07, 6.45) is 3.00. The summed E-state index contributed by atoms with van der Waals surface area (Å²) in [5.41, 5.74) is 1.63. The van der Waals surface area contributed by atoms with Gasteiger partial charge in [-0.1, -0.05) is 42.1 Å². The first kappa shape index (κ1) is 17.6. The van der Waals surface area contributed by atoms with E-state index in [4.69, 9.17) is 4.74 Å². The van der Waals surface area contributed by atoms with Crippen LogP contribution in [0.2, 0.25) is 0 Å². The minimum absolute atomic E-state index is 0.112. The monoisotopic (exact) mass is 369 g/mol. The summed E-state index contributed by atoms with van der Waals surface area (Å²) in [6, 6.07) is 14.6. The van der Waals surface area contributed by atoms with Crippen LogP contribution in [-0.2, 0) is 5.75 Å². The largest absolute Gasteiger partial charge is 0.490 e. The smallest absolute Gasteiger partial charge is 0.311 e. The molecule has 132 valence electrons. The maximum Gasteiger partial charge on any atom is 0.311 e. The first-order chi connectivity index (χ1) is 12.7. The zero-order chi connectivity index (χ0) is 18.4. The van der Waals surface area contributed by atoms with Gasteiger partial charge in [-0.05, 0) is 17.7 Å². The van der Waals surface area contributed by atoms with Crippen molar-refractivity contribution in [2.24, 2.45) is 5.10 Å². The third-order valence-electron chi connectivity index (χ3n) is 3.44. The van der Waals surface area contributed by atoms with E-state index in [0.29, 0.717) is 10.7 Å². The van der Waals surface area contributed by atoms with Crippen LogP contribution < -0.4 is 4.74 Å². The van der Waals surface area contributed by atoms with Crippen LogP contribution in [0.1, 0.15) is 11.1 Å². The van der Waals surface area contributed by atoms with E-state index in [1.165, 1.54) is 53.8 Å². The fraction of sp³-hybridized carbons (Fsp3) is 0.118. The molecule has 9 heteroatoms. The van der Waals surface area contributed by atoms with E-state index in [9.17, 15) is 10.1 Å². The summed E-state index contributed by atoms with van der Waals surface area (Å²) < 4.78 is 6.52. The molecule has 0 atom stereocenters. The zero-order valence-electron chi connectivity index (χ0n) is 13.8. The Morgan fingerprint density at radius 2 is 2.12 bits per heavy atom. The Hall–Kier alpha value is -3.20. The normalized spacial score (nSPS) is 11.0. The van der Waals surface area contributed by atoms with Crippen molar-refractivity contribution in [1.82, 2.24) is 14.9 Å². The minimum Gasteiger partial charge on any atom is -0.490 e. The lowest BCUT2D eigenvalue weighted by atomic mass is 10.2. The molecule has 0 spiro atoms. The molecule has 0 N–H and O–H groups in total. The van der Waals surface area contributed by atoms with E-state index >= 15 is 0 Å². The summed E-state index contributed by atoms with van der Waals surface area (Å²) in [5.74, 6) is 0.943. The highest BCUT2D eigenvalue weighted by atomic mass is 32.2. The number of ether oxygens (including phenoxy) is 1. The van der Waals surface area contributed by atoms with E-state index in [1.54, 1.807) is 6.07 Å². The Kier molecular flexibility index (Phi) is 5.59. The predicted octanol–water partition coefficient (Wildman–Crippen LogP) is 3.37. The van der Waals surface area contributed by atoms with Gasteiger partial charge in [-0.25, -0.2) is 0 Å². The molecule has 0 radical (unpaired) electrons. The minimum atomic E-state index is -0.490. The molecule has 8 nitrogen and oxygen atoms in total. The number of hydrogen-bond donors (Lipinski definition) is 0. The van der Waals surface area contributed by atoms with Crippen LogP contribution in [0.4, 0.5) is 5.69 Å². The lowest BCUT2D eigenvalue weighted by Gasteiger charge is -2.03. The number of nitro groups is 1. The molecule has 0 unspecified atom stereocenters. The van der Waals surface area contributed by atoms with Crippen molar-refractivity contribution in [1.29, 1.82) is 0 Å². The summed E-state index contributed by atoms with van der Waals surface area (Å²) >= 11 is 1.50. The van der Waals surface area contributed by atoms with Crippen LogP contribution in [0.25, 0.3) is 0 Å². The molecule has 3 aromatic rings. The Balaban J connectivity index is 1.74. The van der Waals surface area contributed by atoms with Gasteiger partial charge in [0.15, 0.2) is 5.75 Å². The predicted molar refractivity (Wildman–Crippen MR) is 98.7 cm³/mol. The second-order valence-corrected chi connectivity index (χ2v) is 6.11. The van der Waals surface area contributed by atoms with Crippen molar-refractivity contribution in [3.63, 3.8) is 0 Å². The van der Waals surface area contributed by atoms with Crippen LogP contribution in [-0.4, -0.2) is 33.1 Å². The van der Waals surface area contributed by atoms with Crippen molar-refractivity contribution >= 4 is 23.7 Å². The number of aromatic nitrogens is 3. The van der Waals surface area contributed by atoms with E-state index < -0.39 is 4.92 Å². The third kappa shape index (κ3) is 4.25. The summed E-state index contributed by atoms with van der Waals surface area (Å²) in [6.45, 7) is 0. The van der Waals surface area contributed by atoms with Crippen molar-refractivity contribution in [2.45, 2.75) is 10.9 Å². The van der Waals surface area contributed by atoms with Crippen LogP contribution in [0, 0.1) is 10.1 Å². The molecule has 0 amide bonds. The molecule has 0 aliphatic rings. The van der Waals surface area contributed by atoms with Crippen LogP contribution >= 0.6 is 11.8 Å². The molecule has 1 aromatic heterocycles. The second kappa shape index (κ2) is 8.26. The van der Waals surface area contributed by atoms with E-state index in [1.807, 2.05) is 30.3 Å². The lowest BCUT2D eigenvalue weighted by molar-refractivity contribution is -0.385. The zero-order valence-corrected chi connectivity index (χ0v) is 14.7. The fourth-order valence-corrected chi connectivity index (χ4v) is 2.99. The Labute approximate surface area is 153 Å². The number of hydrogen-bond acceptors (Lipinski definition) is 7. The average molecular weight is 369 g/mol. The molecule has 2 aromatic carbocycles. The number of thioether (sulfide) groups is 1. The van der Waals surface area contributed by atoms with Gasteiger partial charge in [0.1, 0.15) is 6.33 Å². The van der Waals surface area contributed by atoms with Gasteiger partial charge in [0.2, 0.25) is 5.16 Å². The van der Waals surface area contributed by atoms with Gasteiger partial charge >= 0.3 is 5.69 Å². The van der Waals surface area contributed by atoms with E-state index in [-0.39, 0.29) is 11.4 Å². The number of nitro benzene ring substituents is 1. The molecule has 1 heterocycles. The van der Waals surface area contributed by atoms with Crippen LogP contribution in [0.15, 0.2) is 65.1 Å². The van der Waals surface area contributed by atoms with Gasteiger partial charge in [-0.15, -0.1) is 10.2 Å². The molecule has 0 saturated heterocycles. The van der Waals surface area contributed by atoms with Crippen LogP contribution in [0.5, 0.6) is 5.75 Å². The van der Waals surface area contributed by atoms with Gasteiger partial charge < -0.3 is 4.74 Å². The number of benzene rings is 2. The summed E-state index contributed by atoms with van der Waals surface area (Å²) in [7, 11) is 1.39. The molecule has 0 aliphatic carbocycles. The van der Waals surface area contributed by atoms with E-state index in [0.717, 1.165) is 5.75 Å². The Morgan fingerprint density at radius 3 is 2.85 bits per heavy atom. The third-order valence-corrected chi connectivity index (χ3v) is 4.45. The highest BCUT2D eigenvalue weighted by molar-refractivity contribution is 7.98. The Bertz CT molecular complexity index is 927. The molecule has 0 fully saturated rings. The van der Waals surface area contributed by atoms with Gasteiger partial charge in [0.25, 0.3) is 0 Å². The SMILES string of the molecule is COc1ccc(/C=N\n2cnnc2SCc2ccccc2)cc1[N+](=O)[O-]. The first-order valence-electron chi connectivity index (χ1n) is 7.61. The second-order valence-electron chi connectivity index (χ2n) is 5.17. The number of rotatable bonds is 7.